The Bertz CT molecular complexity index is 770. The third kappa shape index (κ3) is 4.80. The second kappa shape index (κ2) is 7.84. The molecule has 0 aromatic carbocycles. The molecule has 0 unspecified atom stereocenters. The predicted molar refractivity (Wildman–Crippen MR) is 89.5 cm³/mol. The maximum atomic E-state index is 12.8. The first-order chi connectivity index (χ1) is 12.1. The summed E-state index contributed by atoms with van der Waals surface area (Å²) in [6, 6.07) is 0.426. The Hall–Kier alpha value is -2.45. The van der Waals surface area contributed by atoms with Gasteiger partial charge in [-0.05, 0) is 19.9 Å². The first-order valence-electron chi connectivity index (χ1n) is 8.31. The number of nitrogens with one attached hydrogen (secondary N) is 1. The van der Waals surface area contributed by atoms with Crippen LogP contribution >= 0.6 is 0 Å². The molecule has 0 aliphatic carbocycles. The second-order valence-corrected chi connectivity index (χ2v) is 6.37. The standard InChI is InChI=1S/C17H22F3N5O/c1-10(2)15-21-7-8-25(15)12(4)16(26)22-6-5-14-23-11(3)9-13(24-14)17(18,19)20/h7-10,12H,5-6H2,1-4H3,(H,22,26)/t12-/m1/s1. The molecule has 0 spiro atoms. The number of carbonyl (C=O) groups excluding carboxylic acids is 1. The van der Waals surface area contributed by atoms with Crippen molar-refractivity contribution in [2.45, 2.75) is 52.3 Å². The molecule has 1 amide bonds. The summed E-state index contributed by atoms with van der Waals surface area (Å²) in [4.78, 5) is 24.1. The van der Waals surface area contributed by atoms with Gasteiger partial charge in [0, 0.05) is 37.0 Å². The lowest BCUT2D eigenvalue weighted by molar-refractivity contribution is -0.141. The Morgan fingerprint density at radius 3 is 2.58 bits per heavy atom. The molecule has 1 N–H and O–H groups in total. The van der Waals surface area contributed by atoms with Gasteiger partial charge < -0.3 is 9.88 Å². The molecule has 0 radical (unpaired) electrons. The average molecular weight is 369 g/mol. The molecule has 2 rings (SSSR count). The van der Waals surface area contributed by atoms with Crippen LogP contribution in [0.4, 0.5) is 13.2 Å². The minimum absolute atomic E-state index is 0.0516. The maximum Gasteiger partial charge on any atom is 0.433 e. The molecule has 0 bridgehead atoms. The zero-order valence-electron chi connectivity index (χ0n) is 15.1. The van der Waals surface area contributed by atoms with Crippen LogP contribution < -0.4 is 5.32 Å². The van der Waals surface area contributed by atoms with E-state index < -0.39 is 17.9 Å². The normalized spacial score (nSPS) is 13.1. The van der Waals surface area contributed by atoms with Gasteiger partial charge in [0.05, 0.1) is 0 Å². The molecule has 1 atom stereocenters. The zero-order valence-corrected chi connectivity index (χ0v) is 15.1. The number of rotatable bonds is 6. The zero-order chi connectivity index (χ0) is 19.5. The fourth-order valence-electron chi connectivity index (χ4n) is 2.56. The monoisotopic (exact) mass is 369 g/mol. The van der Waals surface area contributed by atoms with Crippen LogP contribution in [0.2, 0.25) is 0 Å². The summed E-state index contributed by atoms with van der Waals surface area (Å²) < 4.78 is 40.2. The van der Waals surface area contributed by atoms with Crippen molar-refractivity contribution in [3.05, 3.63) is 41.5 Å². The number of amides is 1. The summed E-state index contributed by atoms with van der Waals surface area (Å²) in [6.07, 6.45) is -1.03. The Labute approximate surface area is 149 Å². The number of hydrogen-bond acceptors (Lipinski definition) is 4. The SMILES string of the molecule is Cc1cc(C(F)(F)F)nc(CCNC(=O)[C@@H](C)n2ccnc2C(C)C)n1. The topological polar surface area (TPSA) is 72.7 Å². The number of hydrogen-bond donors (Lipinski definition) is 1. The highest BCUT2D eigenvalue weighted by atomic mass is 19.4. The molecule has 9 heteroatoms. The molecule has 0 aliphatic heterocycles. The van der Waals surface area contributed by atoms with Gasteiger partial charge in [-0.25, -0.2) is 15.0 Å². The summed E-state index contributed by atoms with van der Waals surface area (Å²) >= 11 is 0. The van der Waals surface area contributed by atoms with Crippen molar-refractivity contribution in [2.75, 3.05) is 6.54 Å². The van der Waals surface area contributed by atoms with Gasteiger partial charge in [-0.3, -0.25) is 4.79 Å². The van der Waals surface area contributed by atoms with Gasteiger partial charge in [-0.15, -0.1) is 0 Å². The quantitative estimate of drug-likeness (QED) is 0.849. The average Bonchev–Trinajstić information content (AvgIpc) is 3.02. The number of aromatic nitrogens is 4. The van der Waals surface area contributed by atoms with Crippen LogP contribution in [-0.2, 0) is 17.4 Å². The minimum Gasteiger partial charge on any atom is -0.354 e. The smallest absolute Gasteiger partial charge is 0.354 e. The van der Waals surface area contributed by atoms with Crippen LogP contribution in [-0.4, -0.2) is 32.0 Å². The number of aryl methyl sites for hydroxylation is 1. The van der Waals surface area contributed by atoms with E-state index in [0.717, 1.165) is 11.9 Å². The number of imidazole rings is 1. The van der Waals surface area contributed by atoms with Crippen molar-refractivity contribution in [3.8, 4) is 0 Å². The van der Waals surface area contributed by atoms with Gasteiger partial charge in [-0.1, -0.05) is 13.8 Å². The Morgan fingerprint density at radius 1 is 1.27 bits per heavy atom. The van der Waals surface area contributed by atoms with E-state index in [-0.39, 0.29) is 36.3 Å². The van der Waals surface area contributed by atoms with Crippen LogP contribution in [0.3, 0.4) is 0 Å². The highest BCUT2D eigenvalue weighted by Gasteiger charge is 2.33. The minimum atomic E-state index is -4.52. The first kappa shape index (κ1) is 19.9. The molecule has 142 valence electrons. The molecule has 0 saturated carbocycles. The Kier molecular flexibility index (Phi) is 5.99. The molecular weight excluding hydrogens is 347 g/mol. The van der Waals surface area contributed by atoms with Gasteiger partial charge in [0.2, 0.25) is 5.91 Å². The fraction of sp³-hybridized carbons (Fsp3) is 0.529. The van der Waals surface area contributed by atoms with Gasteiger partial charge in [0.25, 0.3) is 0 Å². The fourth-order valence-corrected chi connectivity index (χ4v) is 2.56. The van der Waals surface area contributed by atoms with Crippen LogP contribution in [0.25, 0.3) is 0 Å². The van der Waals surface area contributed by atoms with Crippen LogP contribution in [0, 0.1) is 6.92 Å². The predicted octanol–water partition coefficient (Wildman–Crippen LogP) is 3.04. The van der Waals surface area contributed by atoms with Crippen molar-refractivity contribution in [1.82, 2.24) is 24.8 Å². The molecule has 6 nitrogen and oxygen atoms in total. The summed E-state index contributed by atoms with van der Waals surface area (Å²) in [5.41, 5.74) is -0.735. The molecule has 2 heterocycles. The van der Waals surface area contributed by atoms with E-state index in [1.807, 2.05) is 13.8 Å². The lowest BCUT2D eigenvalue weighted by Gasteiger charge is -2.17. The van der Waals surface area contributed by atoms with E-state index in [4.69, 9.17) is 0 Å². The highest BCUT2D eigenvalue weighted by Crippen LogP contribution is 2.27. The summed E-state index contributed by atoms with van der Waals surface area (Å²) in [5, 5.41) is 2.71. The molecular formula is C17H22F3N5O. The van der Waals surface area contributed by atoms with Crippen LogP contribution in [0.1, 0.15) is 55.8 Å². The van der Waals surface area contributed by atoms with Crippen LogP contribution in [0.5, 0.6) is 0 Å². The molecule has 26 heavy (non-hydrogen) atoms. The second-order valence-electron chi connectivity index (χ2n) is 6.37. The molecule has 0 fully saturated rings. The Morgan fingerprint density at radius 2 is 1.96 bits per heavy atom. The summed E-state index contributed by atoms with van der Waals surface area (Å²) in [7, 11) is 0. The van der Waals surface area contributed by atoms with E-state index in [1.165, 1.54) is 6.92 Å². The Balaban J connectivity index is 1.98. The summed E-state index contributed by atoms with van der Waals surface area (Å²) in [5.74, 6) is 0.774. The van der Waals surface area contributed by atoms with Crippen molar-refractivity contribution in [3.63, 3.8) is 0 Å². The van der Waals surface area contributed by atoms with Crippen molar-refractivity contribution < 1.29 is 18.0 Å². The van der Waals surface area contributed by atoms with E-state index in [2.05, 4.69) is 20.3 Å². The largest absolute Gasteiger partial charge is 0.433 e. The van der Waals surface area contributed by atoms with Crippen LogP contribution in [0.15, 0.2) is 18.5 Å². The van der Waals surface area contributed by atoms with E-state index in [0.29, 0.717) is 0 Å². The lowest BCUT2D eigenvalue weighted by Crippen LogP contribution is -2.33. The van der Waals surface area contributed by atoms with Crippen molar-refractivity contribution in [1.29, 1.82) is 0 Å². The maximum absolute atomic E-state index is 12.8. The van der Waals surface area contributed by atoms with Gasteiger partial charge in [0.15, 0.2) is 0 Å². The van der Waals surface area contributed by atoms with E-state index in [1.54, 1.807) is 23.9 Å². The van der Waals surface area contributed by atoms with Gasteiger partial charge >= 0.3 is 6.18 Å². The lowest BCUT2D eigenvalue weighted by atomic mass is 10.2. The molecule has 2 aromatic heterocycles. The third-order valence-electron chi connectivity index (χ3n) is 3.85. The van der Waals surface area contributed by atoms with Gasteiger partial charge in [-0.2, -0.15) is 13.2 Å². The first-order valence-corrected chi connectivity index (χ1v) is 8.31. The van der Waals surface area contributed by atoms with Gasteiger partial charge in [0.1, 0.15) is 23.4 Å². The van der Waals surface area contributed by atoms with Crippen molar-refractivity contribution >= 4 is 5.91 Å². The molecule has 0 aliphatic rings. The molecule has 0 saturated heterocycles. The number of halogens is 3. The number of alkyl halides is 3. The van der Waals surface area contributed by atoms with E-state index >= 15 is 0 Å². The van der Waals surface area contributed by atoms with E-state index in [9.17, 15) is 18.0 Å². The molecule has 2 aromatic rings. The summed E-state index contributed by atoms with van der Waals surface area (Å²) in [6.45, 7) is 7.34. The number of nitrogens with zero attached hydrogens (tertiary/aromatic N) is 4. The third-order valence-corrected chi connectivity index (χ3v) is 3.85. The van der Waals surface area contributed by atoms with Crippen molar-refractivity contribution in [2.24, 2.45) is 0 Å². The number of carbonyl (C=O) groups is 1. The highest BCUT2D eigenvalue weighted by molar-refractivity contribution is 5.79.